The van der Waals surface area contributed by atoms with Crippen LogP contribution in [0.1, 0.15) is 22.9 Å². The lowest BCUT2D eigenvalue weighted by Crippen LogP contribution is -1.87. The normalized spacial score (nSPS) is 10.7. The molecule has 2 rings (SSSR count). The first-order valence-corrected chi connectivity index (χ1v) is 6.40. The standard InChI is InChI=1S/C14H17NS/c1-4-11-5-7-12(8-6-11)13-9(2)10(3)16-14(13)15/h5-8H,4,15H2,1-3H3. The number of hydrogen-bond donors (Lipinski definition) is 1. The molecule has 0 aliphatic carbocycles. The maximum atomic E-state index is 6.06. The third kappa shape index (κ3) is 1.85. The zero-order valence-corrected chi connectivity index (χ0v) is 10.8. The molecule has 16 heavy (non-hydrogen) atoms. The van der Waals surface area contributed by atoms with Gasteiger partial charge in [-0.05, 0) is 37.0 Å². The Kier molecular flexibility index (Phi) is 3.01. The van der Waals surface area contributed by atoms with Crippen LogP contribution in [0.4, 0.5) is 5.00 Å². The molecule has 0 saturated carbocycles. The van der Waals surface area contributed by atoms with Crippen molar-refractivity contribution in [2.24, 2.45) is 0 Å². The Hall–Kier alpha value is -1.28. The van der Waals surface area contributed by atoms with Gasteiger partial charge in [-0.1, -0.05) is 31.2 Å². The first-order chi connectivity index (χ1) is 7.63. The highest BCUT2D eigenvalue weighted by molar-refractivity contribution is 7.16. The van der Waals surface area contributed by atoms with Crippen molar-refractivity contribution >= 4 is 16.3 Å². The van der Waals surface area contributed by atoms with Crippen molar-refractivity contribution in [3.63, 3.8) is 0 Å². The Bertz CT molecular complexity index is 494. The molecular weight excluding hydrogens is 214 g/mol. The molecule has 1 aromatic carbocycles. The highest BCUT2D eigenvalue weighted by atomic mass is 32.1. The third-order valence-electron chi connectivity index (χ3n) is 3.06. The summed E-state index contributed by atoms with van der Waals surface area (Å²) in [6.07, 6.45) is 1.08. The fourth-order valence-electron chi connectivity index (χ4n) is 1.92. The van der Waals surface area contributed by atoms with Gasteiger partial charge in [0.1, 0.15) is 0 Å². The van der Waals surface area contributed by atoms with E-state index in [0.717, 1.165) is 11.4 Å². The average Bonchev–Trinajstić information content (AvgIpc) is 2.54. The highest BCUT2D eigenvalue weighted by Gasteiger charge is 2.11. The topological polar surface area (TPSA) is 26.0 Å². The number of hydrogen-bond acceptors (Lipinski definition) is 2. The molecule has 0 fully saturated rings. The van der Waals surface area contributed by atoms with Gasteiger partial charge in [0.05, 0.1) is 5.00 Å². The number of nitrogens with two attached hydrogens (primary N) is 1. The molecule has 0 unspecified atom stereocenters. The number of aryl methyl sites for hydroxylation is 2. The van der Waals surface area contributed by atoms with E-state index in [4.69, 9.17) is 5.73 Å². The van der Waals surface area contributed by atoms with Crippen LogP contribution in [0.3, 0.4) is 0 Å². The van der Waals surface area contributed by atoms with Gasteiger partial charge in [0.2, 0.25) is 0 Å². The van der Waals surface area contributed by atoms with Crippen LogP contribution in [0.25, 0.3) is 11.1 Å². The number of anilines is 1. The van der Waals surface area contributed by atoms with E-state index in [1.807, 2.05) is 0 Å². The lowest BCUT2D eigenvalue weighted by Gasteiger charge is -2.04. The van der Waals surface area contributed by atoms with E-state index in [1.165, 1.54) is 27.1 Å². The maximum Gasteiger partial charge on any atom is 0.0941 e. The molecule has 2 heteroatoms. The molecular formula is C14H17NS. The predicted molar refractivity (Wildman–Crippen MR) is 73.0 cm³/mol. The molecule has 1 heterocycles. The summed E-state index contributed by atoms with van der Waals surface area (Å²) in [5, 5.41) is 0.930. The molecule has 1 nitrogen and oxygen atoms in total. The van der Waals surface area contributed by atoms with E-state index in [1.54, 1.807) is 11.3 Å². The highest BCUT2D eigenvalue weighted by Crippen LogP contribution is 2.37. The second-order valence-corrected chi connectivity index (χ2v) is 5.33. The Morgan fingerprint density at radius 2 is 1.75 bits per heavy atom. The predicted octanol–water partition coefficient (Wildman–Crippen LogP) is 4.18. The second kappa shape index (κ2) is 4.30. The molecule has 0 radical (unpaired) electrons. The van der Waals surface area contributed by atoms with Gasteiger partial charge in [0, 0.05) is 10.4 Å². The van der Waals surface area contributed by atoms with Crippen LogP contribution in [0, 0.1) is 13.8 Å². The molecule has 84 valence electrons. The molecule has 0 amide bonds. The number of thiophene rings is 1. The van der Waals surface area contributed by atoms with Gasteiger partial charge in [0.15, 0.2) is 0 Å². The van der Waals surface area contributed by atoms with Crippen molar-refractivity contribution in [2.45, 2.75) is 27.2 Å². The molecule has 2 N–H and O–H groups in total. The van der Waals surface area contributed by atoms with Crippen LogP contribution in [-0.2, 0) is 6.42 Å². The van der Waals surface area contributed by atoms with E-state index in [-0.39, 0.29) is 0 Å². The number of nitrogen functional groups attached to an aromatic ring is 1. The first kappa shape index (κ1) is 11.2. The fourth-order valence-corrected chi connectivity index (χ4v) is 2.88. The summed E-state index contributed by atoms with van der Waals surface area (Å²) >= 11 is 1.68. The molecule has 0 bridgehead atoms. The van der Waals surface area contributed by atoms with Crippen molar-refractivity contribution in [1.29, 1.82) is 0 Å². The minimum Gasteiger partial charge on any atom is -0.390 e. The number of rotatable bonds is 2. The van der Waals surface area contributed by atoms with E-state index >= 15 is 0 Å². The minimum absolute atomic E-state index is 0.930. The summed E-state index contributed by atoms with van der Waals surface area (Å²) in [5.74, 6) is 0. The van der Waals surface area contributed by atoms with E-state index in [9.17, 15) is 0 Å². The maximum absolute atomic E-state index is 6.06. The summed E-state index contributed by atoms with van der Waals surface area (Å²) in [5.41, 5.74) is 11.2. The van der Waals surface area contributed by atoms with Crippen LogP contribution in [0.5, 0.6) is 0 Å². The summed E-state index contributed by atoms with van der Waals surface area (Å²) in [4.78, 5) is 1.31. The first-order valence-electron chi connectivity index (χ1n) is 5.58. The zero-order valence-electron chi connectivity index (χ0n) is 10.0. The summed E-state index contributed by atoms with van der Waals surface area (Å²) < 4.78 is 0. The van der Waals surface area contributed by atoms with E-state index in [0.29, 0.717) is 0 Å². The van der Waals surface area contributed by atoms with Crippen molar-refractivity contribution in [3.05, 3.63) is 40.3 Å². The minimum atomic E-state index is 0.930. The Labute approximate surface area is 101 Å². The van der Waals surface area contributed by atoms with Crippen LogP contribution in [0.2, 0.25) is 0 Å². The molecule has 0 atom stereocenters. The van der Waals surface area contributed by atoms with Crippen molar-refractivity contribution in [1.82, 2.24) is 0 Å². The fraction of sp³-hybridized carbons (Fsp3) is 0.286. The Morgan fingerprint density at radius 1 is 1.12 bits per heavy atom. The number of benzene rings is 1. The van der Waals surface area contributed by atoms with Gasteiger partial charge in [-0.2, -0.15) is 0 Å². The van der Waals surface area contributed by atoms with Gasteiger partial charge in [-0.25, -0.2) is 0 Å². The summed E-state index contributed by atoms with van der Waals surface area (Å²) in [6.45, 7) is 6.44. The molecule has 0 aliphatic heterocycles. The van der Waals surface area contributed by atoms with Crippen molar-refractivity contribution in [3.8, 4) is 11.1 Å². The van der Waals surface area contributed by atoms with Crippen LogP contribution >= 0.6 is 11.3 Å². The van der Waals surface area contributed by atoms with Crippen LogP contribution in [-0.4, -0.2) is 0 Å². The summed E-state index contributed by atoms with van der Waals surface area (Å²) in [7, 11) is 0. The monoisotopic (exact) mass is 231 g/mol. The molecule has 1 aromatic heterocycles. The van der Waals surface area contributed by atoms with Crippen molar-refractivity contribution < 1.29 is 0 Å². The SMILES string of the molecule is CCc1ccc(-c2c(N)sc(C)c2C)cc1. The molecule has 0 spiro atoms. The lowest BCUT2D eigenvalue weighted by atomic mass is 10.0. The van der Waals surface area contributed by atoms with Crippen LogP contribution < -0.4 is 5.73 Å². The van der Waals surface area contributed by atoms with Gasteiger partial charge >= 0.3 is 0 Å². The second-order valence-electron chi connectivity index (χ2n) is 4.07. The average molecular weight is 231 g/mol. The van der Waals surface area contributed by atoms with Gasteiger partial charge < -0.3 is 5.73 Å². The molecule has 0 aliphatic rings. The zero-order chi connectivity index (χ0) is 11.7. The quantitative estimate of drug-likeness (QED) is 0.824. The molecule has 0 saturated heterocycles. The van der Waals surface area contributed by atoms with Crippen LogP contribution in [0.15, 0.2) is 24.3 Å². The Balaban J connectivity index is 2.50. The van der Waals surface area contributed by atoms with Gasteiger partial charge in [-0.3, -0.25) is 0 Å². The van der Waals surface area contributed by atoms with E-state index in [2.05, 4.69) is 45.0 Å². The lowest BCUT2D eigenvalue weighted by molar-refractivity contribution is 1.14. The van der Waals surface area contributed by atoms with Gasteiger partial charge in [0.25, 0.3) is 0 Å². The molecule has 2 aromatic rings. The summed E-state index contributed by atoms with van der Waals surface area (Å²) in [6, 6.07) is 8.70. The third-order valence-corrected chi connectivity index (χ3v) is 4.10. The van der Waals surface area contributed by atoms with Gasteiger partial charge in [-0.15, -0.1) is 11.3 Å². The largest absolute Gasteiger partial charge is 0.390 e. The smallest absolute Gasteiger partial charge is 0.0941 e. The van der Waals surface area contributed by atoms with E-state index < -0.39 is 0 Å². The Morgan fingerprint density at radius 3 is 2.19 bits per heavy atom. The van der Waals surface area contributed by atoms with Crippen molar-refractivity contribution in [2.75, 3.05) is 5.73 Å².